The number of unbranched alkanes of at least 4 members (excludes halogenated alkanes) is 4. The summed E-state index contributed by atoms with van der Waals surface area (Å²) in [6.07, 6.45) is 7.48. The molecule has 0 spiro atoms. The van der Waals surface area contributed by atoms with Crippen molar-refractivity contribution in [2.45, 2.75) is 58.3 Å². The summed E-state index contributed by atoms with van der Waals surface area (Å²) in [4.78, 5) is 24.4. The van der Waals surface area contributed by atoms with E-state index in [1.165, 1.54) is 0 Å². The third-order valence-corrected chi connectivity index (χ3v) is 3.04. The molecule has 0 aliphatic carbocycles. The minimum atomic E-state index is 0.163. The lowest BCUT2D eigenvalue weighted by atomic mass is 10.1. The van der Waals surface area contributed by atoms with Crippen molar-refractivity contribution in [3.8, 4) is 0 Å². The molecule has 0 radical (unpaired) electrons. The number of Topliss-reactive ketones (excluding diaryl/α,β-unsaturated/α-hetero) is 1. The Morgan fingerprint density at radius 2 is 1.53 bits per heavy atom. The number of carbonyl (C=O) groups is 2. The molecule has 0 atom stereocenters. The molecule has 0 saturated heterocycles. The molecule has 4 nitrogen and oxygen atoms in total. The van der Waals surface area contributed by atoms with Gasteiger partial charge in [-0.3, -0.25) is 4.79 Å². The van der Waals surface area contributed by atoms with Crippen LogP contribution in [-0.4, -0.2) is 43.8 Å². The third kappa shape index (κ3) is 15.0. The van der Waals surface area contributed by atoms with Crippen LogP contribution in [0.3, 0.4) is 0 Å². The van der Waals surface area contributed by atoms with Crippen molar-refractivity contribution in [3.63, 3.8) is 0 Å². The first kappa shape index (κ1) is 18.1. The zero-order valence-corrected chi connectivity index (χ0v) is 12.8. The van der Waals surface area contributed by atoms with Crippen LogP contribution in [0, 0.1) is 0 Å². The molecule has 1 N–H and O–H groups in total. The van der Waals surface area contributed by atoms with Crippen molar-refractivity contribution in [3.05, 3.63) is 0 Å². The summed E-state index contributed by atoms with van der Waals surface area (Å²) < 4.78 is 0. The van der Waals surface area contributed by atoms with Gasteiger partial charge in [0.15, 0.2) is 0 Å². The number of hydrogen-bond donors (Lipinski definition) is 1. The van der Waals surface area contributed by atoms with Gasteiger partial charge in [-0.25, -0.2) is 0 Å². The molecule has 0 heterocycles. The Bertz CT molecular complexity index is 253. The fraction of sp³-hybridized carbons (Fsp3) is 0.867. The molecular formula is C15H30N2O2. The molecule has 0 bridgehead atoms. The normalized spacial score (nSPS) is 10.7. The maximum absolute atomic E-state index is 11.5. The van der Waals surface area contributed by atoms with Gasteiger partial charge < -0.3 is 15.0 Å². The van der Waals surface area contributed by atoms with E-state index in [2.05, 4.69) is 24.3 Å². The molecule has 112 valence electrons. The van der Waals surface area contributed by atoms with E-state index in [1.807, 2.05) is 0 Å². The van der Waals surface area contributed by atoms with Crippen LogP contribution in [0.1, 0.15) is 58.3 Å². The van der Waals surface area contributed by atoms with Crippen LogP contribution < -0.4 is 5.32 Å². The Kier molecular flexibility index (Phi) is 11.6. The summed E-state index contributed by atoms with van der Waals surface area (Å²) in [5, 5.41) is 2.94. The van der Waals surface area contributed by atoms with Gasteiger partial charge in [0, 0.05) is 19.4 Å². The molecule has 1 amide bonds. The van der Waals surface area contributed by atoms with Gasteiger partial charge in [-0.1, -0.05) is 12.8 Å². The number of amides is 1. The van der Waals surface area contributed by atoms with Crippen molar-refractivity contribution in [1.29, 1.82) is 0 Å². The van der Waals surface area contributed by atoms with Crippen molar-refractivity contribution in [2.24, 2.45) is 0 Å². The van der Waals surface area contributed by atoms with E-state index in [-0.39, 0.29) is 11.7 Å². The number of hydrogen-bond acceptors (Lipinski definition) is 3. The maximum Gasteiger partial charge on any atom is 0.219 e. The van der Waals surface area contributed by atoms with Crippen LogP contribution >= 0.6 is 0 Å². The van der Waals surface area contributed by atoms with Crippen LogP contribution in [0.5, 0.6) is 0 Å². The van der Waals surface area contributed by atoms with Crippen molar-refractivity contribution in [1.82, 2.24) is 10.2 Å². The summed E-state index contributed by atoms with van der Waals surface area (Å²) in [5.41, 5.74) is 0. The molecule has 0 aromatic carbocycles. The molecule has 19 heavy (non-hydrogen) atoms. The quantitative estimate of drug-likeness (QED) is 0.554. The number of nitrogens with one attached hydrogen (secondary N) is 1. The van der Waals surface area contributed by atoms with E-state index in [9.17, 15) is 9.59 Å². The minimum Gasteiger partial charge on any atom is -0.356 e. The molecule has 0 rings (SSSR count). The van der Waals surface area contributed by atoms with E-state index in [4.69, 9.17) is 0 Å². The Morgan fingerprint density at radius 1 is 0.895 bits per heavy atom. The molecule has 0 aromatic heterocycles. The lowest BCUT2D eigenvalue weighted by molar-refractivity contribution is -0.121. The minimum absolute atomic E-state index is 0.163. The molecule has 0 unspecified atom stereocenters. The van der Waals surface area contributed by atoms with Gasteiger partial charge in [0.1, 0.15) is 5.78 Å². The second kappa shape index (κ2) is 12.2. The van der Waals surface area contributed by atoms with Crippen LogP contribution in [0.25, 0.3) is 0 Å². The summed E-state index contributed by atoms with van der Waals surface area (Å²) in [6.45, 7) is 3.46. The number of rotatable bonds is 12. The summed E-state index contributed by atoms with van der Waals surface area (Å²) in [5.74, 6) is 0.415. The van der Waals surface area contributed by atoms with Crippen LogP contribution in [0.2, 0.25) is 0 Å². The largest absolute Gasteiger partial charge is 0.356 e. The first-order valence-electron chi connectivity index (χ1n) is 7.43. The van der Waals surface area contributed by atoms with Gasteiger partial charge in [-0.2, -0.15) is 0 Å². The Hall–Kier alpha value is -0.900. The van der Waals surface area contributed by atoms with Crippen LogP contribution in [0.4, 0.5) is 0 Å². The van der Waals surface area contributed by atoms with E-state index in [1.54, 1.807) is 6.92 Å². The van der Waals surface area contributed by atoms with Crippen LogP contribution in [0.15, 0.2) is 0 Å². The van der Waals surface area contributed by atoms with Crippen molar-refractivity contribution in [2.75, 3.05) is 27.2 Å². The Morgan fingerprint density at radius 3 is 2.16 bits per heavy atom. The highest BCUT2D eigenvalue weighted by Gasteiger charge is 2.01. The highest BCUT2D eigenvalue weighted by molar-refractivity contribution is 5.75. The second-order valence-electron chi connectivity index (χ2n) is 5.48. The predicted molar refractivity (Wildman–Crippen MR) is 79.2 cm³/mol. The zero-order valence-electron chi connectivity index (χ0n) is 12.8. The first-order chi connectivity index (χ1) is 9.02. The summed E-state index contributed by atoms with van der Waals surface area (Å²) in [7, 11) is 4.14. The second-order valence-corrected chi connectivity index (χ2v) is 5.48. The van der Waals surface area contributed by atoms with Crippen molar-refractivity contribution >= 4 is 11.7 Å². The monoisotopic (exact) mass is 270 g/mol. The first-order valence-corrected chi connectivity index (χ1v) is 7.43. The molecule has 4 heteroatoms. The predicted octanol–water partition coefficient (Wildman–Crippen LogP) is 2.37. The maximum atomic E-state index is 11.5. The van der Waals surface area contributed by atoms with Gasteiger partial charge in [-0.15, -0.1) is 0 Å². The fourth-order valence-electron chi connectivity index (χ4n) is 1.88. The Labute approximate surface area is 117 Å². The molecule has 0 fully saturated rings. The summed E-state index contributed by atoms with van der Waals surface area (Å²) >= 11 is 0. The van der Waals surface area contributed by atoms with Gasteiger partial charge in [0.25, 0.3) is 0 Å². The SMILES string of the molecule is CC(=O)CCCCCNC(=O)CCCCCN(C)C. The standard InChI is InChI=1S/C15H30N2O2/c1-14(18)10-6-4-8-12-16-15(19)11-7-5-9-13-17(2)3/h4-13H2,1-3H3,(H,16,19). The van der Waals surface area contributed by atoms with E-state index >= 15 is 0 Å². The third-order valence-electron chi connectivity index (χ3n) is 3.04. The highest BCUT2D eigenvalue weighted by atomic mass is 16.1. The highest BCUT2D eigenvalue weighted by Crippen LogP contribution is 2.02. The molecular weight excluding hydrogens is 240 g/mol. The van der Waals surface area contributed by atoms with E-state index in [0.29, 0.717) is 12.8 Å². The molecule has 0 saturated carbocycles. The van der Waals surface area contributed by atoms with Gasteiger partial charge in [0.2, 0.25) is 5.91 Å². The zero-order chi connectivity index (χ0) is 14.5. The van der Waals surface area contributed by atoms with E-state index < -0.39 is 0 Å². The van der Waals surface area contributed by atoms with Crippen LogP contribution in [-0.2, 0) is 9.59 Å². The number of ketones is 1. The Balaban J connectivity index is 3.23. The fourth-order valence-corrected chi connectivity index (χ4v) is 1.88. The molecule has 0 aromatic rings. The average Bonchev–Trinajstić information content (AvgIpc) is 2.32. The smallest absolute Gasteiger partial charge is 0.219 e. The number of carbonyl (C=O) groups excluding carboxylic acids is 2. The summed E-state index contributed by atoms with van der Waals surface area (Å²) in [6, 6.07) is 0. The topological polar surface area (TPSA) is 49.4 Å². The molecule has 0 aliphatic heterocycles. The molecule has 0 aliphatic rings. The van der Waals surface area contributed by atoms with E-state index in [0.717, 1.165) is 51.6 Å². The lowest BCUT2D eigenvalue weighted by Gasteiger charge is -2.08. The van der Waals surface area contributed by atoms with Gasteiger partial charge in [-0.05, 0) is 53.2 Å². The number of nitrogens with zero attached hydrogens (tertiary/aromatic N) is 1. The van der Waals surface area contributed by atoms with Crippen molar-refractivity contribution < 1.29 is 9.59 Å². The lowest BCUT2D eigenvalue weighted by Crippen LogP contribution is -2.24. The average molecular weight is 270 g/mol. The van der Waals surface area contributed by atoms with Gasteiger partial charge >= 0.3 is 0 Å². The van der Waals surface area contributed by atoms with Gasteiger partial charge in [0.05, 0.1) is 0 Å².